The number of carboxylic acids is 2. The van der Waals surface area contributed by atoms with Crippen molar-refractivity contribution in [2.24, 2.45) is 17.8 Å². The first-order chi connectivity index (χ1) is 18.5. The highest BCUT2D eigenvalue weighted by molar-refractivity contribution is 5.87. The van der Waals surface area contributed by atoms with E-state index >= 15 is 0 Å². The van der Waals surface area contributed by atoms with Gasteiger partial charge in [-0.1, -0.05) is 13.3 Å². The fourth-order valence-electron chi connectivity index (χ4n) is 3.98. The molecule has 0 fully saturated rings. The molecule has 0 aromatic carbocycles. The summed E-state index contributed by atoms with van der Waals surface area (Å²) in [6.07, 6.45) is 1.54. The first-order valence-electron chi connectivity index (χ1n) is 13.6. The molecule has 12 nitrogen and oxygen atoms in total. The molecule has 224 valence electrons. The minimum Gasteiger partial charge on any atom is -0.481 e. The van der Waals surface area contributed by atoms with Crippen molar-refractivity contribution in [2.45, 2.75) is 78.1 Å². The molecule has 1 unspecified atom stereocenters. The van der Waals surface area contributed by atoms with Crippen LogP contribution in [0.5, 0.6) is 0 Å². The van der Waals surface area contributed by atoms with Crippen molar-refractivity contribution in [3.63, 3.8) is 0 Å². The molecule has 0 spiro atoms. The molecular formula is C27H45NO11. The van der Waals surface area contributed by atoms with Crippen LogP contribution in [0.3, 0.4) is 0 Å². The topological polar surface area (TPSA) is 194 Å². The third-order valence-corrected chi connectivity index (χ3v) is 6.38. The highest BCUT2D eigenvalue weighted by Crippen LogP contribution is 2.18. The number of amides is 1. The Balaban J connectivity index is 4.40. The Morgan fingerprint density at radius 2 is 1.33 bits per heavy atom. The zero-order valence-electron chi connectivity index (χ0n) is 23.2. The van der Waals surface area contributed by atoms with E-state index in [2.05, 4.69) is 5.32 Å². The molecule has 0 bridgehead atoms. The second-order valence-electron chi connectivity index (χ2n) is 9.46. The van der Waals surface area contributed by atoms with E-state index in [1.807, 2.05) is 13.8 Å². The molecule has 0 aromatic rings. The summed E-state index contributed by atoms with van der Waals surface area (Å²) in [5.74, 6) is -6.20. The number of aliphatic hydroxyl groups is 1. The van der Waals surface area contributed by atoms with Crippen molar-refractivity contribution in [2.75, 3.05) is 39.6 Å². The third-order valence-electron chi connectivity index (χ3n) is 6.38. The molecule has 12 heteroatoms. The maximum absolute atomic E-state index is 12.4. The van der Waals surface area contributed by atoms with Gasteiger partial charge in [0.05, 0.1) is 25.0 Å². The fraction of sp³-hybridized carbons (Fsp3) is 0.778. The van der Waals surface area contributed by atoms with Gasteiger partial charge in [-0.15, -0.1) is 0 Å². The summed E-state index contributed by atoms with van der Waals surface area (Å²) in [4.78, 5) is 71.1. The van der Waals surface area contributed by atoms with E-state index in [-0.39, 0.29) is 69.3 Å². The summed E-state index contributed by atoms with van der Waals surface area (Å²) in [6, 6.07) is 0. The number of rotatable bonds is 26. The van der Waals surface area contributed by atoms with Crippen LogP contribution < -0.4 is 5.32 Å². The molecule has 1 amide bonds. The van der Waals surface area contributed by atoms with Crippen LogP contribution in [0.1, 0.15) is 78.1 Å². The van der Waals surface area contributed by atoms with Crippen molar-refractivity contribution >= 4 is 35.2 Å². The summed E-state index contributed by atoms with van der Waals surface area (Å²) in [7, 11) is 0. The maximum Gasteiger partial charge on any atom is 0.306 e. The van der Waals surface area contributed by atoms with Gasteiger partial charge in [-0.05, 0) is 39.0 Å². The predicted octanol–water partition coefficient (Wildman–Crippen LogP) is 1.79. The Hall–Kier alpha value is -2.70. The number of aliphatic hydroxyl groups excluding tert-OH is 1. The Morgan fingerprint density at radius 3 is 1.90 bits per heavy atom. The van der Waals surface area contributed by atoms with Crippen LogP contribution in [0.25, 0.3) is 0 Å². The lowest BCUT2D eigenvalue weighted by Crippen LogP contribution is -2.27. The number of Topliss-reactive ketones (excluding diaryl/α,β-unsaturated/α-hetero) is 3. The van der Waals surface area contributed by atoms with Crippen LogP contribution in [0, 0.1) is 17.8 Å². The zero-order chi connectivity index (χ0) is 29.6. The molecule has 0 saturated carbocycles. The Kier molecular flexibility index (Phi) is 20.6. The zero-order valence-corrected chi connectivity index (χ0v) is 23.2. The van der Waals surface area contributed by atoms with Gasteiger partial charge in [-0.3, -0.25) is 28.8 Å². The monoisotopic (exact) mass is 559 g/mol. The van der Waals surface area contributed by atoms with E-state index in [0.717, 1.165) is 0 Å². The average molecular weight is 560 g/mol. The van der Waals surface area contributed by atoms with Crippen molar-refractivity contribution in [3.8, 4) is 0 Å². The van der Waals surface area contributed by atoms with Crippen molar-refractivity contribution in [1.82, 2.24) is 5.32 Å². The highest BCUT2D eigenvalue weighted by atomic mass is 16.5. The molecule has 0 rings (SSSR count). The van der Waals surface area contributed by atoms with Gasteiger partial charge in [0, 0.05) is 44.8 Å². The minimum atomic E-state index is -1.22. The van der Waals surface area contributed by atoms with Crippen LogP contribution in [0.2, 0.25) is 0 Å². The standard InChI is InChI=1S/C27H45NO11/c1-3-19(24(32)17-29)7-5-6-12-28-25(33)11-9-21(27(36)37)15-22(30)10-8-20(26(34)35)16-23(31)18-39-14-13-38-4-2/h19-21,29H,3-18H2,1-2H3,(H,28,33)(H,34,35)(H,36,37)/t19-,20+,21?/m0/s1. The number of ketones is 3. The van der Waals surface area contributed by atoms with Gasteiger partial charge in [0.15, 0.2) is 11.6 Å². The van der Waals surface area contributed by atoms with E-state index in [9.17, 15) is 39.0 Å². The first-order valence-corrected chi connectivity index (χ1v) is 13.6. The van der Waals surface area contributed by atoms with Crippen LogP contribution in [0.4, 0.5) is 0 Å². The average Bonchev–Trinajstić information content (AvgIpc) is 2.89. The molecule has 0 aliphatic heterocycles. The van der Waals surface area contributed by atoms with Gasteiger partial charge in [-0.2, -0.15) is 0 Å². The summed E-state index contributed by atoms with van der Waals surface area (Å²) < 4.78 is 10.2. The molecule has 0 heterocycles. The predicted molar refractivity (Wildman–Crippen MR) is 140 cm³/mol. The lowest BCUT2D eigenvalue weighted by Gasteiger charge is -2.14. The number of carboxylic acid groups (broad SMARTS) is 2. The van der Waals surface area contributed by atoms with Crippen molar-refractivity contribution in [3.05, 3.63) is 0 Å². The lowest BCUT2D eigenvalue weighted by atomic mass is 9.91. The first kappa shape index (κ1) is 36.3. The SMILES string of the molecule is CCOCCOCC(=O)C[C@@H](CCC(=O)CC(CCC(=O)NCCCC[C@H](CC)C(=O)CO)C(=O)O)C(=O)O. The second-order valence-corrected chi connectivity index (χ2v) is 9.46. The van der Waals surface area contributed by atoms with Gasteiger partial charge in [0.2, 0.25) is 5.91 Å². The minimum absolute atomic E-state index is 0.0459. The third kappa shape index (κ3) is 18.3. The van der Waals surface area contributed by atoms with Crippen LogP contribution in [-0.4, -0.2) is 90.1 Å². The summed E-state index contributed by atoms with van der Waals surface area (Å²) >= 11 is 0. The van der Waals surface area contributed by atoms with E-state index in [1.165, 1.54) is 0 Å². The molecule has 0 aromatic heterocycles. The highest BCUT2D eigenvalue weighted by Gasteiger charge is 2.25. The van der Waals surface area contributed by atoms with Gasteiger partial charge in [-0.25, -0.2) is 0 Å². The summed E-state index contributed by atoms with van der Waals surface area (Å²) in [5, 5.41) is 30.5. The number of carbonyl (C=O) groups excluding carboxylic acids is 4. The van der Waals surface area contributed by atoms with Crippen molar-refractivity contribution in [1.29, 1.82) is 0 Å². The molecule has 4 N–H and O–H groups in total. The number of aliphatic carboxylic acids is 2. The summed E-state index contributed by atoms with van der Waals surface area (Å²) in [5.41, 5.74) is 0. The quantitative estimate of drug-likeness (QED) is 0.113. The summed E-state index contributed by atoms with van der Waals surface area (Å²) in [6.45, 7) is 4.37. The number of hydrogen-bond donors (Lipinski definition) is 4. The largest absolute Gasteiger partial charge is 0.481 e. The van der Waals surface area contributed by atoms with Gasteiger partial charge in [0.25, 0.3) is 0 Å². The number of hydrogen-bond acceptors (Lipinski definition) is 9. The fourth-order valence-corrected chi connectivity index (χ4v) is 3.98. The molecule has 3 atom stereocenters. The molecule has 0 saturated heterocycles. The lowest BCUT2D eigenvalue weighted by molar-refractivity contribution is -0.146. The Labute approximate surface area is 229 Å². The van der Waals surface area contributed by atoms with Crippen LogP contribution in [0.15, 0.2) is 0 Å². The van der Waals surface area contributed by atoms with Crippen LogP contribution >= 0.6 is 0 Å². The van der Waals surface area contributed by atoms with Crippen molar-refractivity contribution < 1.29 is 53.6 Å². The van der Waals surface area contributed by atoms with Gasteiger partial charge in [0.1, 0.15) is 19.0 Å². The van der Waals surface area contributed by atoms with E-state index < -0.39 is 41.9 Å². The number of nitrogens with one attached hydrogen (secondary N) is 1. The number of carbonyl (C=O) groups is 6. The number of unbranched alkanes of at least 4 members (excludes halogenated alkanes) is 1. The van der Waals surface area contributed by atoms with Crippen LogP contribution in [-0.2, 0) is 38.2 Å². The van der Waals surface area contributed by atoms with E-state index in [1.54, 1.807) is 0 Å². The maximum atomic E-state index is 12.4. The Morgan fingerprint density at radius 1 is 0.744 bits per heavy atom. The van der Waals surface area contributed by atoms with E-state index in [4.69, 9.17) is 14.6 Å². The normalized spacial score (nSPS) is 13.3. The molecule has 0 radical (unpaired) electrons. The van der Waals surface area contributed by atoms with E-state index in [0.29, 0.717) is 45.4 Å². The molecular weight excluding hydrogens is 514 g/mol. The van der Waals surface area contributed by atoms with Gasteiger partial charge < -0.3 is 30.1 Å². The second kappa shape index (κ2) is 22.2. The van der Waals surface area contributed by atoms with Gasteiger partial charge >= 0.3 is 11.9 Å². The molecule has 39 heavy (non-hydrogen) atoms. The Bertz CT molecular complexity index is 784. The number of ether oxygens (including phenoxy) is 2. The smallest absolute Gasteiger partial charge is 0.306 e. The molecule has 0 aliphatic rings. The molecule has 0 aliphatic carbocycles.